The van der Waals surface area contributed by atoms with Gasteiger partial charge in [0, 0.05) is 11.8 Å². The van der Waals surface area contributed by atoms with Crippen molar-refractivity contribution in [2.75, 3.05) is 5.32 Å². The number of rotatable bonds is 4. The monoisotopic (exact) mass is 271 g/mol. The van der Waals surface area contributed by atoms with Crippen LogP contribution in [0, 0.1) is 6.92 Å². The van der Waals surface area contributed by atoms with Crippen LogP contribution >= 0.6 is 0 Å². The maximum Gasteiger partial charge on any atom is 0.328 e. The summed E-state index contributed by atoms with van der Waals surface area (Å²) < 4.78 is 4.84. The van der Waals surface area contributed by atoms with Crippen molar-refractivity contribution < 1.29 is 19.1 Å². The zero-order chi connectivity index (χ0) is 14.5. The zero-order valence-corrected chi connectivity index (χ0v) is 10.8. The molecular formula is C15H13NO4. The maximum atomic E-state index is 11.8. The molecule has 0 atom stereocenters. The van der Waals surface area contributed by atoms with Crippen molar-refractivity contribution in [3.8, 4) is 0 Å². The van der Waals surface area contributed by atoms with E-state index in [-0.39, 0.29) is 5.91 Å². The normalized spacial score (nSPS) is 10.7. The summed E-state index contributed by atoms with van der Waals surface area (Å²) in [5.74, 6) is -1.26. The second kappa shape index (κ2) is 5.88. The molecule has 0 aliphatic rings. The molecule has 5 nitrogen and oxygen atoms in total. The SMILES string of the molecule is Cc1cc(NC(=O)c2ccoc2)ccc1C=CC(=O)O. The fraction of sp³-hybridized carbons (Fsp3) is 0.0667. The Kier molecular flexibility index (Phi) is 4.00. The minimum Gasteiger partial charge on any atom is -0.478 e. The number of anilines is 1. The average Bonchev–Trinajstić information content (AvgIpc) is 2.91. The number of furan rings is 1. The number of hydrogen-bond acceptors (Lipinski definition) is 3. The molecule has 0 fully saturated rings. The van der Waals surface area contributed by atoms with Crippen LogP contribution in [0.15, 0.2) is 47.3 Å². The fourth-order valence-electron chi connectivity index (χ4n) is 1.70. The van der Waals surface area contributed by atoms with Gasteiger partial charge in [-0.25, -0.2) is 4.79 Å². The second-order valence-corrected chi connectivity index (χ2v) is 4.21. The van der Waals surface area contributed by atoms with E-state index in [0.717, 1.165) is 17.2 Å². The number of nitrogens with one attached hydrogen (secondary N) is 1. The molecule has 5 heteroatoms. The highest BCUT2D eigenvalue weighted by Gasteiger charge is 2.07. The summed E-state index contributed by atoms with van der Waals surface area (Å²) in [6, 6.07) is 6.82. The van der Waals surface area contributed by atoms with Crippen molar-refractivity contribution >= 4 is 23.6 Å². The third-order valence-electron chi connectivity index (χ3n) is 2.72. The minimum atomic E-state index is -0.998. The van der Waals surface area contributed by atoms with Crippen LogP contribution in [0.4, 0.5) is 5.69 Å². The summed E-state index contributed by atoms with van der Waals surface area (Å²) in [6.45, 7) is 1.84. The summed E-state index contributed by atoms with van der Waals surface area (Å²) in [4.78, 5) is 22.3. The number of amides is 1. The number of aryl methyl sites for hydroxylation is 1. The second-order valence-electron chi connectivity index (χ2n) is 4.21. The first kappa shape index (κ1) is 13.6. The maximum absolute atomic E-state index is 11.8. The number of carbonyl (C=O) groups is 2. The first-order valence-corrected chi connectivity index (χ1v) is 5.91. The third-order valence-corrected chi connectivity index (χ3v) is 2.72. The Bertz CT molecular complexity index is 657. The molecule has 1 heterocycles. The molecular weight excluding hydrogens is 258 g/mol. The molecule has 1 aromatic heterocycles. The molecule has 0 saturated carbocycles. The molecule has 0 aliphatic heterocycles. The van der Waals surface area contributed by atoms with E-state index in [1.54, 1.807) is 24.3 Å². The van der Waals surface area contributed by atoms with Crippen LogP contribution in [-0.4, -0.2) is 17.0 Å². The quantitative estimate of drug-likeness (QED) is 0.838. The molecule has 0 radical (unpaired) electrons. The molecule has 0 aliphatic carbocycles. The molecule has 102 valence electrons. The first-order valence-electron chi connectivity index (χ1n) is 5.91. The number of benzene rings is 1. The third kappa shape index (κ3) is 3.35. The summed E-state index contributed by atoms with van der Waals surface area (Å²) in [5.41, 5.74) is 2.74. The Morgan fingerprint density at radius 3 is 2.70 bits per heavy atom. The van der Waals surface area contributed by atoms with E-state index < -0.39 is 5.97 Å². The Labute approximate surface area is 115 Å². The molecule has 2 rings (SSSR count). The van der Waals surface area contributed by atoms with E-state index in [0.29, 0.717) is 11.3 Å². The van der Waals surface area contributed by atoms with Crippen molar-refractivity contribution in [3.05, 3.63) is 59.6 Å². The van der Waals surface area contributed by atoms with Gasteiger partial charge in [0.25, 0.3) is 5.91 Å². The first-order chi connectivity index (χ1) is 9.56. The largest absolute Gasteiger partial charge is 0.478 e. The molecule has 0 saturated heterocycles. The summed E-state index contributed by atoms with van der Waals surface area (Å²) in [5, 5.41) is 11.3. The fourth-order valence-corrected chi connectivity index (χ4v) is 1.70. The van der Waals surface area contributed by atoms with Crippen LogP contribution in [-0.2, 0) is 4.79 Å². The van der Waals surface area contributed by atoms with Crippen LogP contribution in [0.5, 0.6) is 0 Å². The van der Waals surface area contributed by atoms with E-state index in [2.05, 4.69) is 5.32 Å². The van der Waals surface area contributed by atoms with Gasteiger partial charge in [-0.05, 0) is 42.3 Å². The van der Waals surface area contributed by atoms with Gasteiger partial charge in [-0.3, -0.25) is 4.79 Å². The van der Waals surface area contributed by atoms with Gasteiger partial charge in [0.05, 0.1) is 11.8 Å². The van der Waals surface area contributed by atoms with E-state index in [1.807, 2.05) is 6.92 Å². The molecule has 2 aromatic rings. The highest BCUT2D eigenvalue weighted by atomic mass is 16.4. The minimum absolute atomic E-state index is 0.257. The lowest BCUT2D eigenvalue weighted by atomic mass is 10.1. The average molecular weight is 271 g/mol. The van der Waals surface area contributed by atoms with Crippen LogP contribution in [0.25, 0.3) is 6.08 Å². The summed E-state index contributed by atoms with van der Waals surface area (Å²) in [6.07, 6.45) is 5.39. The van der Waals surface area contributed by atoms with E-state index in [1.165, 1.54) is 18.6 Å². The van der Waals surface area contributed by atoms with Crippen LogP contribution in [0.1, 0.15) is 21.5 Å². The van der Waals surface area contributed by atoms with Crippen molar-refractivity contribution in [3.63, 3.8) is 0 Å². The molecule has 1 amide bonds. The number of hydrogen-bond donors (Lipinski definition) is 2. The topological polar surface area (TPSA) is 79.5 Å². The van der Waals surface area contributed by atoms with E-state index in [4.69, 9.17) is 9.52 Å². The number of carboxylic acids is 1. The van der Waals surface area contributed by atoms with Gasteiger partial charge in [0.1, 0.15) is 6.26 Å². The van der Waals surface area contributed by atoms with E-state index in [9.17, 15) is 9.59 Å². The number of aliphatic carboxylic acids is 1. The summed E-state index contributed by atoms with van der Waals surface area (Å²) in [7, 11) is 0. The number of carbonyl (C=O) groups excluding carboxylic acids is 1. The van der Waals surface area contributed by atoms with Gasteiger partial charge in [0.15, 0.2) is 0 Å². The predicted octanol–water partition coefficient (Wildman–Crippen LogP) is 2.94. The highest BCUT2D eigenvalue weighted by molar-refractivity contribution is 6.04. The smallest absolute Gasteiger partial charge is 0.328 e. The van der Waals surface area contributed by atoms with Gasteiger partial charge < -0.3 is 14.8 Å². The van der Waals surface area contributed by atoms with Gasteiger partial charge >= 0.3 is 5.97 Å². The lowest BCUT2D eigenvalue weighted by molar-refractivity contribution is -0.131. The lowest BCUT2D eigenvalue weighted by Gasteiger charge is -2.06. The molecule has 20 heavy (non-hydrogen) atoms. The molecule has 1 aromatic carbocycles. The molecule has 0 spiro atoms. The van der Waals surface area contributed by atoms with Gasteiger partial charge in [-0.1, -0.05) is 6.07 Å². The number of carboxylic acid groups (broad SMARTS) is 1. The van der Waals surface area contributed by atoms with Crippen molar-refractivity contribution in [2.24, 2.45) is 0 Å². The van der Waals surface area contributed by atoms with Crippen molar-refractivity contribution in [1.29, 1.82) is 0 Å². The summed E-state index contributed by atoms with van der Waals surface area (Å²) >= 11 is 0. The highest BCUT2D eigenvalue weighted by Crippen LogP contribution is 2.17. The van der Waals surface area contributed by atoms with Gasteiger partial charge in [-0.15, -0.1) is 0 Å². The van der Waals surface area contributed by atoms with Crippen molar-refractivity contribution in [2.45, 2.75) is 6.92 Å². The van der Waals surface area contributed by atoms with Crippen molar-refractivity contribution in [1.82, 2.24) is 0 Å². The molecule has 2 N–H and O–H groups in total. The molecule has 0 bridgehead atoms. The Morgan fingerprint density at radius 1 is 1.30 bits per heavy atom. The standard InChI is InChI=1S/C15H13NO4/c1-10-8-13(4-2-11(10)3-5-14(17)18)16-15(19)12-6-7-20-9-12/h2-9H,1H3,(H,16,19)(H,17,18). The zero-order valence-electron chi connectivity index (χ0n) is 10.8. The Hall–Kier alpha value is -2.82. The predicted molar refractivity (Wildman–Crippen MR) is 74.5 cm³/mol. The lowest BCUT2D eigenvalue weighted by Crippen LogP contribution is -2.10. The van der Waals surface area contributed by atoms with Gasteiger partial charge in [-0.2, -0.15) is 0 Å². The van der Waals surface area contributed by atoms with E-state index >= 15 is 0 Å². The molecule has 0 unspecified atom stereocenters. The van der Waals surface area contributed by atoms with Crippen LogP contribution in [0.2, 0.25) is 0 Å². The Morgan fingerprint density at radius 2 is 2.10 bits per heavy atom. The van der Waals surface area contributed by atoms with Gasteiger partial charge in [0.2, 0.25) is 0 Å². The van der Waals surface area contributed by atoms with Crippen LogP contribution in [0.3, 0.4) is 0 Å². The Balaban J connectivity index is 2.13. The van der Waals surface area contributed by atoms with Crippen LogP contribution < -0.4 is 5.32 Å².